The van der Waals surface area contributed by atoms with Crippen LogP contribution in [0.15, 0.2) is 54.0 Å². The first-order chi connectivity index (χ1) is 10.3. The number of halogens is 1. The van der Waals surface area contributed by atoms with Crippen LogP contribution in [-0.4, -0.2) is 24.3 Å². The van der Waals surface area contributed by atoms with Gasteiger partial charge in [0, 0.05) is 6.20 Å². The normalized spacial score (nSPS) is 11.3. The summed E-state index contributed by atoms with van der Waals surface area (Å²) >= 11 is 5.68. The van der Waals surface area contributed by atoms with Crippen LogP contribution in [0.1, 0.15) is 0 Å². The summed E-state index contributed by atoms with van der Waals surface area (Å²) in [5, 5.41) is 12.8. The van der Waals surface area contributed by atoms with Gasteiger partial charge in [-0.05, 0) is 35.9 Å². The molecule has 3 rings (SSSR count). The third-order valence-corrected chi connectivity index (χ3v) is 2.89. The van der Waals surface area contributed by atoms with Gasteiger partial charge in [0.15, 0.2) is 5.82 Å². The summed E-state index contributed by atoms with van der Waals surface area (Å²) in [7, 11) is 0. The minimum absolute atomic E-state index is 0.161. The van der Waals surface area contributed by atoms with E-state index < -0.39 is 0 Å². The van der Waals surface area contributed by atoms with Gasteiger partial charge < -0.3 is 0 Å². The fourth-order valence-electron chi connectivity index (χ4n) is 1.80. The summed E-state index contributed by atoms with van der Waals surface area (Å²) in [6.45, 7) is 0. The maximum atomic E-state index is 8.71. The van der Waals surface area contributed by atoms with Crippen molar-refractivity contribution in [3.63, 3.8) is 0 Å². The maximum Gasteiger partial charge on any atom is 0.242 e. The lowest BCUT2D eigenvalue weighted by molar-refractivity contribution is 0.839. The number of hydrogen-bond donors (Lipinski definition) is 0. The van der Waals surface area contributed by atoms with Crippen LogP contribution >= 0.6 is 11.6 Å². The van der Waals surface area contributed by atoms with Crippen LogP contribution in [0.25, 0.3) is 11.5 Å². The predicted molar refractivity (Wildman–Crippen MR) is 74.7 cm³/mol. The van der Waals surface area contributed by atoms with E-state index in [0.717, 1.165) is 5.69 Å². The Labute approximate surface area is 124 Å². The van der Waals surface area contributed by atoms with Gasteiger partial charge in [-0.15, -0.1) is 5.10 Å². The largest absolute Gasteiger partial charge is 0.300 e. The molecule has 3 aromatic heterocycles. The zero-order valence-corrected chi connectivity index (χ0v) is 11.4. The molecule has 21 heavy (non-hydrogen) atoms. The molecule has 8 heteroatoms. The second-order valence-electron chi connectivity index (χ2n) is 3.97. The minimum Gasteiger partial charge on any atom is -0.300 e. The van der Waals surface area contributed by atoms with E-state index in [4.69, 9.17) is 16.9 Å². The Morgan fingerprint density at radius 3 is 2.76 bits per heavy atom. The molecule has 0 amide bonds. The van der Waals surface area contributed by atoms with Gasteiger partial charge in [0.05, 0.1) is 11.9 Å². The molecule has 0 spiro atoms. The topological polar surface area (TPSA) is 84.7 Å². The SMILES string of the molecule is N#CN=c1ccccn1-c1ccc(-n2cnc(Cl)n2)nc1. The smallest absolute Gasteiger partial charge is 0.242 e. The van der Waals surface area contributed by atoms with Gasteiger partial charge in [-0.3, -0.25) is 4.57 Å². The lowest BCUT2D eigenvalue weighted by Crippen LogP contribution is -2.17. The van der Waals surface area contributed by atoms with E-state index in [9.17, 15) is 0 Å². The maximum absolute atomic E-state index is 8.71. The molecule has 7 nitrogen and oxygen atoms in total. The second kappa shape index (κ2) is 5.56. The highest BCUT2D eigenvalue weighted by atomic mass is 35.5. The third kappa shape index (κ3) is 2.66. The summed E-state index contributed by atoms with van der Waals surface area (Å²) in [4.78, 5) is 11.9. The first-order valence-electron chi connectivity index (χ1n) is 5.92. The second-order valence-corrected chi connectivity index (χ2v) is 4.31. The van der Waals surface area contributed by atoms with Gasteiger partial charge >= 0.3 is 0 Å². The van der Waals surface area contributed by atoms with Crippen LogP contribution in [0.5, 0.6) is 0 Å². The van der Waals surface area contributed by atoms with Crippen molar-refractivity contribution in [3.8, 4) is 17.7 Å². The highest BCUT2D eigenvalue weighted by Crippen LogP contribution is 2.08. The number of rotatable bonds is 2. The zero-order chi connectivity index (χ0) is 14.7. The van der Waals surface area contributed by atoms with Crippen LogP contribution in [0.2, 0.25) is 5.28 Å². The van der Waals surface area contributed by atoms with Gasteiger partial charge in [0.25, 0.3) is 0 Å². The van der Waals surface area contributed by atoms with Crippen molar-refractivity contribution in [1.29, 1.82) is 5.26 Å². The van der Waals surface area contributed by atoms with Crippen LogP contribution in [0, 0.1) is 11.5 Å². The molecule has 0 unspecified atom stereocenters. The molecule has 0 fully saturated rings. The molecule has 3 heterocycles. The minimum atomic E-state index is 0.161. The lowest BCUT2D eigenvalue weighted by Gasteiger charge is -2.07. The molecular formula is C13H8ClN7. The van der Waals surface area contributed by atoms with Crippen molar-refractivity contribution in [2.45, 2.75) is 0 Å². The van der Waals surface area contributed by atoms with E-state index in [1.165, 1.54) is 11.0 Å². The summed E-state index contributed by atoms with van der Waals surface area (Å²) in [6.07, 6.45) is 6.72. The molecule has 0 saturated heterocycles. The van der Waals surface area contributed by atoms with Crippen molar-refractivity contribution in [2.24, 2.45) is 4.99 Å². The molecule has 3 aromatic rings. The van der Waals surface area contributed by atoms with E-state index in [1.54, 1.807) is 35.3 Å². The first-order valence-corrected chi connectivity index (χ1v) is 6.30. The van der Waals surface area contributed by atoms with E-state index in [1.807, 2.05) is 18.2 Å². The van der Waals surface area contributed by atoms with Crippen LogP contribution in [0.4, 0.5) is 0 Å². The van der Waals surface area contributed by atoms with Gasteiger partial charge in [0.2, 0.25) is 11.5 Å². The van der Waals surface area contributed by atoms with Gasteiger partial charge in [0.1, 0.15) is 11.8 Å². The Morgan fingerprint density at radius 1 is 1.19 bits per heavy atom. The van der Waals surface area contributed by atoms with E-state index >= 15 is 0 Å². The summed E-state index contributed by atoms with van der Waals surface area (Å²) in [5.41, 5.74) is 1.30. The van der Waals surface area contributed by atoms with Crippen molar-refractivity contribution in [3.05, 3.63) is 59.8 Å². The Hall–Kier alpha value is -2.98. The van der Waals surface area contributed by atoms with E-state index in [-0.39, 0.29) is 5.28 Å². The standard InChI is InChI=1S/C13H8ClN7/c14-13-18-9-21(19-13)12-5-4-10(7-16-12)20-6-2-1-3-11(20)17-8-15/h1-7,9H. The number of pyridine rings is 2. The highest BCUT2D eigenvalue weighted by Gasteiger charge is 2.03. The molecule has 0 bridgehead atoms. The quantitative estimate of drug-likeness (QED) is 0.671. The Balaban J connectivity index is 2.03. The fraction of sp³-hybridized carbons (Fsp3) is 0. The molecular weight excluding hydrogens is 290 g/mol. The summed E-state index contributed by atoms with van der Waals surface area (Å²) in [6, 6.07) is 9.02. The van der Waals surface area contributed by atoms with E-state index in [2.05, 4.69) is 20.1 Å². The van der Waals surface area contributed by atoms with Crippen LogP contribution in [-0.2, 0) is 0 Å². The summed E-state index contributed by atoms with van der Waals surface area (Å²) in [5.74, 6) is 0.591. The first kappa shape index (κ1) is 13.0. The van der Waals surface area contributed by atoms with Crippen molar-refractivity contribution in [2.75, 3.05) is 0 Å². The highest BCUT2D eigenvalue weighted by molar-refractivity contribution is 6.28. The Kier molecular flexibility index (Phi) is 3.45. The predicted octanol–water partition coefficient (Wildman–Crippen LogP) is 1.49. The third-order valence-electron chi connectivity index (χ3n) is 2.71. The van der Waals surface area contributed by atoms with Crippen molar-refractivity contribution < 1.29 is 0 Å². The molecule has 0 atom stereocenters. The van der Waals surface area contributed by atoms with Crippen LogP contribution < -0.4 is 5.49 Å². The number of nitriles is 1. The number of nitrogens with zero attached hydrogens (tertiary/aromatic N) is 7. The fourth-order valence-corrected chi connectivity index (χ4v) is 1.93. The van der Waals surface area contributed by atoms with Crippen LogP contribution in [0.3, 0.4) is 0 Å². The van der Waals surface area contributed by atoms with Gasteiger partial charge in [-0.1, -0.05) is 6.07 Å². The van der Waals surface area contributed by atoms with E-state index in [0.29, 0.717) is 11.3 Å². The van der Waals surface area contributed by atoms with Gasteiger partial charge in [-0.25, -0.2) is 14.6 Å². The Morgan fingerprint density at radius 2 is 2.10 bits per heavy atom. The summed E-state index contributed by atoms with van der Waals surface area (Å²) < 4.78 is 3.23. The molecule has 0 radical (unpaired) electrons. The van der Waals surface area contributed by atoms with Gasteiger partial charge in [-0.2, -0.15) is 10.3 Å². The monoisotopic (exact) mass is 297 g/mol. The molecule has 0 aliphatic heterocycles. The molecule has 102 valence electrons. The zero-order valence-electron chi connectivity index (χ0n) is 10.6. The molecule has 0 aliphatic carbocycles. The number of hydrogen-bond acceptors (Lipinski definition) is 5. The molecule has 0 N–H and O–H groups in total. The average Bonchev–Trinajstić information content (AvgIpc) is 2.95. The molecule has 0 saturated carbocycles. The Bertz CT molecular complexity index is 870. The number of aromatic nitrogens is 5. The molecule has 0 aromatic carbocycles. The average molecular weight is 298 g/mol. The molecule has 0 aliphatic rings. The lowest BCUT2D eigenvalue weighted by atomic mass is 10.3. The van der Waals surface area contributed by atoms with Crippen molar-refractivity contribution >= 4 is 11.6 Å². The van der Waals surface area contributed by atoms with Crippen molar-refractivity contribution in [1.82, 2.24) is 24.3 Å².